The third kappa shape index (κ3) is 2.59. The van der Waals surface area contributed by atoms with Gasteiger partial charge in [-0.1, -0.05) is 12.1 Å². The first-order valence-corrected chi connectivity index (χ1v) is 8.33. The molecule has 0 unspecified atom stereocenters. The van der Waals surface area contributed by atoms with E-state index in [1.54, 1.807) is 0 Å². The molecule has 5 aromatic rings. The standard InChI is InChI=1S/C19H11F3N6/c20-19(21,22)13-6-3-11(4-7-13)17-16-2-1-9-28(16)15-8-5-12(10-14(15)23-17)18-24-26-27-25-18/h1-10H,(H,24,25,26,27). The van der Waals surface area contributed by atoms with Gasteiger partial charge in [0.05, 0.1) is 27.8 Å². The van der Waals surface area contributed by atoms with Gasteiger partial charge >= 0.3 is 6.18 Å². The minimum absolute atomic E-state index is 0.507. The van der Waals surface area contributed by atoms with Crippen LogP contribution in [0.25, 0.3) is 39.2 Å². The summed E-state index contributed by atoms with van der Waals surface area (Å²) < 4.78 is 40.6. The van der Waals surface area contributed by atoms with Crippen molar-refractivity contribution in [2.45, 2.75) is 6.18 Å². The molecule has 0 aliphatic carbocycles. The molecule has 0 saturated carbocycles. The third-order valence-corrected chi connectivity index (χ3v) is 4.56. The molecule has 0 aliphatic heterocycles. The van der Waals surface area contributed by atoms with Crippen molar-refractivity contribution in [3.8, 4) is 22.6 Å². The van der Waals surface area contributed by atoms with Gasteiger partial charge in [-0.25, -0.2) is 10.1 Å². The van der Waals surface area contributed by atoms with E-state index in [2.05, 4.69) is 20.6 Å². The number of aromatic amines is 1. The number of aromatic nitrogens is 6. The van der Waals surface area contributed by atoms with Crippen molar-refractivity contribution in [3.05, 3.63) is 66.4 Å². The second kappa shape index (κ2) is 5.88. The topological polar surface area (TPSA) is 71.8 Å². The van der Waals surface area contributed by atoms with E-state index in [0.717, 1.165) is 28.7 Å². The van der Waals surface area contributed by atoms with E-state index in [1.165, 1.54) is 12.1 Å². The molecule has 0 saturated heterocycles. The Morgan fingerprint density at radius 3 is 2.39 bits per heavy atom. The van der Waals surface area contributed by atoms with Crippen LogP contribution in [0.4, 0.5) is 13.2 Å². The van der Waals surface area contributed by atoms with Crippen LogP contribution in [0.5, 0.6) is 0 Å². The van der Waals surface area contributed by atoms with Gasteiger partial charge < -0.3 is 4.40 Å². The minimum atomic E-state index is -4.38. The molecule has 5 rings (SSSR count). The van der Waals surface area contributed by atoms with Crippen LogP contribution < -0.4 is 0 Å². The number of nitrogens with zero attached hydrogens (tertiary/aromatic N) is 5. The van der Waals surface area contributed by atoms with Crippen LogP contribution in [0, 0.1) is 0 Å². The van der Waals surface area contributed by atoms with Gasteiger partial charge in [-0.05, 0) is 52.9 Å². The first-order valence-electron chi connectivity index (χ1n) is 8.33. The number of nitrogens with one attached hydrogen (secondary N) is 1. The normalized spacial score (nSPS) is 12.1. The molecular weight excluding hydrogens is 369 g/mol. The van der Waals surface area contributed by atoms with Crippen LogP contribution in [0.3, 0.4) is 0 Å². The molecule has 6 nitrogen and oxygen atoms in total. The van der Waals surface area contributed by atoms with Crippen LogP contribution in [0.2, 0.25) is 0 Å². The average Bonchev–Trinajstić information content (AvgIpc) is 3.38. The fourth-order valence-corrected chi connectivity index (χ4v) is 3.24. The minimum Gasteiger partial charge on any atom is -0.313 e. The lowest BCUT2D eigenvalue weighted by Gasteiger charge is -2.11. The summed E-state index contributed by atoms with van der Waals surface area (Å²) in [4.78, 5) is 4.72. The quantitative estimate of drug-likeness (QED) is 0.494. The van der Waals surface area contributed by atoms with Crippen molar-refractivity contribution in [2.24, 2.45) is 0 Å². The predicted octanol–water partition coefficient (Wildman–Crippen LogP) is 4.35. The highest BCUT2D eigenvalue weighted by Crippen LogP contribution is 2.33. The molecule has 0 bridgehead atoms. The zero-order chi connectivity index (χ0) is 19.3. The second-order valence-electron chi connectivity index (χ2n) is 6.25. The highest BCUT2D eigenvalue weighted by atomic mass is 19.4. The molecular formula is C19H11F3N6. The van der Waals surface area contributed by atoms with Crippen LogP contribution >= 0.6 is 0 Å². The summed E-state index contributed by atoms with van der Waals surface area (Å²) in [7, 11) is 0. The SMILES string of the molecule is FC(F)(F)c1ccc(-c2nc3cc(-c4nnn[nH]4)ccc3n3cccc23)cc1. The summed E-state index contributed by atoms with van der Waals surface area (Å²) in [5.41, 5.74) is 3.61. The van der Waals surface area contributed by atoms with Gasteiger partial charge in [-0.15, -0.1) is 5.10 Å². The van der Waals surface area contributed by atoms with Gasteiger partial charge in [0.1, 0.15) is 0 Å². The Balaban J connectivity index is 1.72. The number of hydrogen-bond donors (Lipinski definition) is 1. The Morgan fingerprint density at radius 1 is 0.893 bits per heavy atom. The fraction of sp³-hybridized carbons (Fsp3) is 0.0526. The molecule has 1 N–H and O–H groups in total. The molecule has 0 radical (unpaired) electrons. The molecule has 9 heteroatoms. The smallest absolute Gasteiger partial charge is 0.313 e. The number of halogens is 3. The maximum Gasteiger partial charge on any atom is 0.416 e. The van der Waals surface area contributed by atoms with Gasteiger partial charge in [-0.2, -0.15) is 13.2 Å². The van der Waals surface area contributed by atoms with Crippen LogP contribution in [0.15, 0.2) is 60.8 Å². The van der Waals surface area contributed by atoms with Crippen LogP contribution in [-0.4, -0.2) is 30.0 Å². The highest BCUT2D eigenvalue weighted by molar-refractivity contribution is 5.89. The summed E-state index contributed by atoms with van der Waals surface area (Å²) in [6, 6.07) is 14.4. The maximum absolute atomic E-state index is 12.9. The Morgan fingerprint density at radius 2 is 1.68 bits per heavy atom. The molecule has 3 heterocycles. The molecule has 0 amide bonds. The van der Waals surface area contributed by atoms with E-state index in [0.29, 0.717) is 22.6 Å². The van der Waals surface area contributed by atoms with Crippen molar-refractivity contribution in [3.63, 3.8) is 0 Å². The molecule has 0 atom stereocenters. The van der Waals surface area contributed by atoms with Gasteiger partial charge in [0, 0.05) is 17.3 Å². The number of H-pyrrole nitrogens is 1. The van der Waals surface area contributed by atoms with Gasteiger partial charge in [0.2, 0.25) is 0 Å². The summed E-state index contributed by atoms with van der Waals surface area (Å²) >= 11 is 0. The highest BCUT2D eigenvalue weighted by Gasteiger charge is 2.30. The molecule has 0 aliphatic rings. The van der Waals surface area contributed by atoms with Crippen molar-refractivity contribution in [1.82, 2.24) is 30.0 Å². The van der Waals surface area contributed by atoms with Crippen molar-refractivity contribution >= 4 is 16.6 Å². The largest absolute Gasteiger partial charge is 0.416 e. The molecule has 2 aromatic carbocycles. The maximum atomic E-state index is 12.9. The lowest BCUT2D eigenvalue weighted by molar-refractivity contribution is -0.137. The number of tetrazole rings is 1. The van der Waals surface area contributed by atoms with Crippen molar-refractivity contribution in [1.29, 1.82) is 0 Å². The summed E-state index contributed by atoms with van der Waals surface area (Å²) in [5.74, 6) is 0.507. The number of benzene rings is 2. The third-order valence-electron chi connectivity index (χ3n) is 4.56. The molecule has 0 spiro atoms. The monoisotopic (exact) mass is 380 g/mol. The zero-order valence-electron chi connectivity index (χ0n) is 14.1. The van der Waals surface area contributed by atoms with E-state index in [4.69, 9.17) is 4.98 Å². The lowest BCUT2D eigenvalue weighted by atomic mass is 10.1. The molecule has 3 aromatic heterocycles. The van der Waals surface area contributed by atoms with E-state index >= 15 is 0 Å². The predicted molar refractivity (Wildman–Crippen MR) is 96.3 cm³/mol. The van der Waals surface area contributed by atoms with Crippen LogP contribution in [-0.2, 0) is 6.18 Å². The Bertz CT molecular complexity index is 1290. The fourth-order valence-electron chi connectivity index (χ4n) is 3.24. The number of rotatable bonds is 2. The van der Waals surface area contributed by atoms with E-state index in [9.17, 15) is 13.2 Å². The lowest BCUT2D eigenvalue weighted by Crippen LogP contribution is -2.04. The molecule has 0 fully saturated rings. The van der Waals surface area contributed by atoms with Crippen LogP contribution in [0.1, 0.15) is 5.56 Å². The Hall–Kier alpha value is -3.75. The van der Waals surface area contributed by atoms with Crippen molar-refractivity contribution in [2.75, 3.05) is 0 Å². The first-order chi connectivity index (χ1) is 13.5. The van der Waals surface area contributed by atoms with Gasteiger partial charge in [-0.3, -0.25) is 0 Å². The first kappa shape index (κ1) is 16.4. The Labute approximate surface area is 155 Å². The molecule has 28 heavy (non-hydrogen) atoms. The summed E-state index contributed by atoms with van der Waals surface area (Å²) in [5, 5.41) is 13.8. The average molecular weight is 380 g/mol. The number of fused-ring (bicyclic) bond motifs is 3. The van der Waals surface area contributed by atoms with E-state index < -0.39 is 11.7 Å². The molecule has 138 valence electrons. The van der Waals surface area contributed by atoms with E-state index in [-0.39, 0.29) is 0 Å². The number of hydrogen-bond acceptors (Lipinski definition) is 4. The van der Waals surface area contributed by atoms with Crippen molar-refractivity contribution < 1.29 is 13.2 Å². The summed E-state index contributed by atoms with van der Waals surface area (Å²) in [6.07, 6.45) is -2.48. The Kier molecular flexibility index (Phi) is 3.45. The number of alkyl halides is 3. The zero-order valence-corrected chi connectivity index (χ0v) is 14.1. The second-order valence-corrected chi connectivity index (χ2v) is 6.25. The van der Waals surface area contributed by atoms with Gasteiger partial charge in [0.25, 0.3) is 0 Å². The van der Waals surface area contributed by atoms with Gasteiger partial charge in [0.15, 0.2) is 5.82 Å². The summed E-state index contributed by atoms with van der Waals surface area (Å²) in [6.45, 7) is 0. The van der Waals surface area contributed by atoms with E-state index in [1.807, 2.05) is 40.9 Å².